The molecule has 0 saturated heterocycles. The van der Waals surface area contributed by atoms with Crippen LogP contribution in [0.4, 0.5) is 22.7 Å². The van der Waals surface area contributed by atoms with E-state index >= 15 is 0 Å². The summed E-state index contributed by atoms with van der Waals surface area (Å²) in [5.74, 6) is 1.87. The summed E-state index contributed by atoms with van der Waals surface area (Å²) < 4.78 is 34.6. The molecule has 1 aliphatic heterocycles. The number of ether oxygens (including phenoxy) is 1. The van der Waals surface area contributed by atoms with Gasteiger partial charge in [-0.25, -0.2) is 4.98 Å². The summed E-state index contributed by atoms with van der Waals surface area (Å²) in [6.45, 7) is 26.2. The zero-order chi connectivity index (χ0) is 44.0. The third-order valence-corrected chi connectivity index (χ3v) is 11.3. The van der Waals surface area contributed by atoms with Crippen LogP contribution in [-0.4, -0.2) is 9.55 Å². The van der Waals surface area contributed by atoms with Crippen LogP contribution in [0.25, 0.3) is 27.6 Å². The van der Waals surface area contributed by atoms with Crippen molar-refractivity contribution in [1.29, 1.82) is 0 Å². The van der Waals surface area contributed by atoms with Gasteiger partial charge < -0.3 is 19.1 Å². The van der Waals surface area contributed by atoms with Crippen LogP contribution < -0.4 is 14.5 Å². The molecule has 0 aliphatic carbocycles. The zero-order valence-electron chi connectivity index (χ0n) is 39.4. The minimum absolute atomic E-state index is 0. The van der Waals surface area contributed by atoms with E-state index in [1.165, 1.54) is 22.3 Å². The maximum Gasteiger partial charge on any atom is 0.135 e. The van der Waals surface area contributed by atoms with Gasteiger partial charge in [0.2, 0.25) is 0 Å². The Bertz CT molecular complexity index is 2780. The molecule has 0 unspecified atom stereocenters. The number of aromatic nitrogens is 2. The monoisotopic (exact) mass is 963 g/mol. The minimum atomic E-state index is -2.34. The predicted octanol–water partition coefficient (Wildman–Crippen LogP) is 14.5. The van der Waals surface area contributed by atoms with E-state index in [1.54, 1.807) is 6.07 Å². The van der Waals surface area contributed by atoms with Gasteiger partial charge in [-0.15, -0.1) is 48.1 Å². The molecular weight excluding hydrogens is 904 g/mol. The average molecular weight is 964 g/mol. The number of aryl methyl sites for hydroxylation is 1. The zero-order valence-corrected chi connectivity index (χ0v) is 38.7. The molecule has 0 N–H and O–H groups in total. The fourth-order valence-corrected chi connectivity index (χ4v) is 7.67. The largest absolute Gasteiger partial charge is 0.509 e. The Labute approximate surface area is 370 Å². The van der Waals surface area contributed by atoms with Crippen LogP contribution in [0, 0.1) is 25.7 Å². The third-order valence-electron chi connectivity index (χ3n) is 11.3. The molecule has 0 bridgehead atoms. The number of pyridine rings is 1. The second-order valence-corrected chi connectivity index (χ2v) is 19.9. The second-order valence-electron chi connectivity index (χ2n) is 19.9. The molecule has 0 radical (unpaired) electrons. The van der Waals surface area contributed by atoms with Gasteiger partial charge in [0.1, 0.15) is 5.82 Å². The summed E-state index contributed by atoms with van der Waals surface area (Å²) in [6, 6.07) is 40.1. The van der Waals surface area contributed by atoms with E-state index in [2.05, 4.69) is 154 Å². The van der Waals surface area contributed by atoms with E-state index in [1.807, 2.05) is 59.1 Å². The van der Waals surface area contributed by atoms with Gasteiger partial charge in [0.15, 0.2) is 0 Å². The molecular formula is C53H57N4OPt-3. The molecule has 308 valence electrons. The minimum Gasteiger partial charge on any atom is -0.509 e. The summed E-state index contributed by atoms with van der Waals surface area (Å²) >= 11 is 0. The SMILES string of the molecule is [2H]C([2H])([2H])c1cccc2c1N(c1cc(C(C)(C)C)cc(C(C)(C)C)c1)[CH-]N2c1[c-]c(Oc2[c-]c3c(cc2)c2cc(C(C)(C)C)ccc2n3-c2cc(C(C)(C)C)ccn2)ccc1.[Pt]. The Balaban J connectivity index is 0.00000578. The average Bonchev–Trinajstić information content (AvgIpc) is 3.72. The Morgan fingerprint density at radius 3 is 1.92 bits per heavy atom. The van der Waals surface area contributed by atoms with Crippen molar-refractivity contribution in [2.24, 2.45) is 0 Å². The maximum absolute atomic E-state index is 8.58. The van der Waals surface area contributed by atoms with Crippen LogP contribution >= 0.6 is 0 Å². The molecule has 1 aliphatic rings. The van der Waals surface area contributed by atoms with Crippen LogP contribution in [0.5, 0.6) is 11.5 Å². The first-order valence-corrected chi connectivity index (χ1v) is 20.3. The first kappa shape index (κ1) is 38.3. The van der Waals surface area contributed by atoms with Gasteiger partial charge in [-0.05, 0) is 98.1 Å². The molecule has 6 heteroatoms. The summed E-state index contributed by atoms with van der Waals surface area (Å²) in [7, 11) is 0. The van der Waals surface area contributed by atoms with Crippen LogP contribution in [0.1, 0.15) is 115 Å². The molecule has 5 aromatic carbocycles. The number of nitrogens with zero attached hydrogens (tertiary/aromatic N) is 4. The number of para-hydroxylation sites is 1. The molecule has 2 aromatic heterocycles. The predicted molar refractivity (Wildman–Crippen MR) is 244 cm³/mol. The number of anilines is 4. The van der Waals surface area contributed by atoms with Gasteiger partial charge in [0.05, 0.1) is 0 Å². The van der Waals surface area contributed by atoms with Crippen molar-refractivity contribution in [3.63, 3.8) is 0 Å². The Morgan fingerprint density at radius 2 is 1.25 bits per heavy atom. The fourth-order valence-electron chi connectivity index (χ4n) is 7.67. The van der Waals surface area contributed by atoms with Gasteiger partial charge in [0.25, 0.3) is 0 Å². The molecule has 8 rings (SSSR count). The molecule has 0 amide bonds. The van der Waals surface area contributed by atoms with Crippen molar-refractivity contribution < 1.29 is 29.9 Å². The maximum atomic E-state index is 8.58. The number of rotatable bonds is 5. The van der Waals surface area contributed by atoms with E-state index in [9.17, 15) is 0 Å². The quantitative estimate of drug-likeness (QED) is 0.161. The van der Waals surface area contributed by atoms with Crippen molar-refractivity contribution in [2.45, 2.75) is 112 Å². The van der Waals surface area contributed by atoms with E-state index < -0.39 is 6.85 Å². The third kappa shape index (κ3) is 8.08. The van der Waals surface area contributed by atoms with Crippen molar-refractivity contribution in [3.05, 3.63) is 150 Å². The van der Waals surface area contributed by atoms with Crippen LogP contribution in [0.3, 0.4) is 0 Å². The standard InChI is InChI=1S/C53H57N4O.Pt/c1-34-16-14-19-46-49(34)56(40-27-37(52(8,9)10)26-38(28-40)53(11,12)13)33-55(46)39-17-15-18-41(31-39)58-42-21-22-43-44-29-35(50(2,3)4)20-23-45(44)57(47(43)32-42)48-30-36(24-25-54-48)51(5,6)7;/h14-30,33H,1-13H3;/q-3;/i1D3;. The number of fused-ring (bicyclic) bond motifs is 4. The topological polar surface area (TPSA) is 33.5 Å². The van der Waals surface area contributed by atoms with E-state index in [-0.39, 0.29) is 48.3 Å². The van der Waals surface area contributed by atoms with Crippen LogP contribution in [0.15, 0.2) is 103 Å². The molecule has 0 saturated carbocycles. The van der Waals surface area contributed by atoms with E-state index in [0.29, 0.717) is 22.9 Å². The van der Waals surface area contributed by atoms with Gasteiger partial charge in [-0.1, -0.05) is 119 Å². The summed E-state index contributed by atoms with van der Waals surface area (Å²) in [6.07, 6.45) is 1.89. The van der Waals surface area contributed by atoms with E-state index in [0.717, 1.165) is 39.0 Å². The first-order chi connectivity index (χ1) is 28.4. The van der Waals surface area contributed by atoms with Crippen molar-refractivity contribution in [1.82, 2.24) is 9.55 Å². The van der Waals surface area contributed by atoms with Crippen LogP contribution in [-0.2, 0) is 42.7 Å². The molecule has 5 nitrogen and oxygen atoms in total. The smallest absolute Gasteiger partial charge is 0.135 e. The molecule has 59 heavy (non-hydrogen) atoms. The van der Waals surface area contributed by atoms with Gasteiger partial charge in [0, 0.05) is 65.5 Å². The van der Waals surface area contributed by atoms with Gasteiger partial charge >= 0.3 is 0 Å². The molecule has 0 atom stereocenters. The normalized spacial score (nSPS) is 14.5. The molecule has 3 heterocycles. The Hall–Kier alpha value is -4.86. The van der Waals surface area contributed by atoms with Gasteiger partial charge in [-0.2, -0.15) is 12.1 Å². The number of hydrogen-bond donors (Lipinski definition) is 0. The Kier molecular flexibility index (Phi) is 9.75. The second kappa shape index (κ2) is 15.0. The molecule has 7 aromatic rings. The van der Waals surface area contributed by atoms with E-state index in [4.69, 9.17) is 13.8 Å². The summed E-state index contributed by atoms with van der Waals surface area (Å²) in [5, 5.41) is 2.20. The van der Waals surface area contributed by atoms with Crippen LogP contribution in [0.2, 0.25) is 0 Å². The van der Waals surface area contributed by atoms with Gasteiger partial charge in [-0.3, -0.25) is 0 Å². The van der Waals surface area contributed by atoms with Crippen molar-refractivity contribution >= 4 is 44.6 Å². The first-order valence-electron chi connectivity index (χ1n) is 21.8. The summed E-state index contributed by atoms with van der Waals surface area (Å²) in [4.78, 5) is 8.91. The summed E-state index contributed by atoms with van der Waals surface area (Å²) in [5.41, 5.74) is 9.66. The Morgan fingerprint density at radius 1 is 0.610 bits per heavy atom. The number of hydrogen-bond acceptors (Lipinski definition) is 4. The molecule has 0 spiro atoms. The fraction of sp³-hybridized carbons (Fsp3) is 0.321. The number of benzene rings is 5. The molecule has 0 fully saturated rings. The van der Waals surface area contributed by atoms with Crippen molar-refractivity contribution in [2.75, 3.05) is 9.80 Å². The van der Waals surface area contributed by atoms with Crippen molar-refractivity contribution in [3.8, 4) is 17.3 Å².